The standard InChI is InChI=1S/C25H22FN9S/c1-2-16-5-3-4-6-20(16)29-24-31-21(30-23(27)32-24)15-36-25-34-33-22(17-11-13-28-14-12-17)35(25)19-9-7-18(26)8-10-19/h3-14H,2,15H2,1H3,(H3,27,29,30,31,32). The zero-order valence-electron chi connectivity index (χ0n) is 19.3. The summed E-state index contributed by atoms with van der Waals surface area (Å²) in [5, 5.41) is 12.6. The lowest BCUT2D eigenvalue weighted by atomic mass is 10.1. The van der Waals surface area contributed by atoms with Crippen LogP contribution in [-0.4, -0.2) is 34.7 Å². The Morgan fingerprint density at radius 3 is 2.50 bits per heavy atom. The van der Waals surface area contributed by atoms with E-state index in [1.54, 1.807) is 24.5 Å². The highest BCUT2D eigenvalue weighted by molar-refractivity contribution is 7.98. The van der Waals surface area contributed by atoms with Crippen LogP contribution in [0.5, 0.6) is 0 Å². The number of halogens is 1. The summed E-state index contributed by atoms with van der Waals surface area (Å²) in [5.74, 6) is 1.64. The molecule has 0 spiro atoms. The Balaban J connectivity index is 1.43. The number of hydrogen-bond donors (Lipinski definition) is 2. The predicted octanol–water partition coefficient (Wildman–Crippen LogP) is 4.83. The molecule has 0 bridgehead atoms. The van der Waals surface area contributed by atoms with E-state index in [1.165, 1.54) is 23.9 Å². The van der Waals surface area contributed by atoms with E-state index in [-0.39, 0.29) is 11.8 Å². The van der Waals surface area contributed by atoms with Gasteiger partial charge in [0.25, 0.3) is 0 Å². The van der Waals surface area contributed by atoms with Crippen molar-refractivity contribution in [3.8, 4) is 17.1 Å². The maximum atomic E-state index is 13.6. The van der Waals surface area contributed by atoms with Crippen molar-refractivity contribution >= 4 is 29.3 Å². The molecule has 3 aromatic heterocycles. The highest BCUT2D eigenvalue weighted by Crippen LogP contribution is 2.29. The Bertz CT molecular complexity index is 1470. The van der Waals surface area contributed by atoms with Crippen LogP contribution in [0.1, 0.15) is 18.3 Å². The first kappa shape index (κ1) is 23.4. The van der Waals surface area contributed by atoms with Crippen LogP contribution in [0, 0.1) is 5.82 Å². The van der Waals surface area contributed by atoms with Gasteiger partial charge in [0, 0.05) is 29.3 Å². The van der Waals surface area contributed by atoms with Gasteiger partial charge in [0.05, 0.1) is 5.75 Å². The minimum absolute atomic E-state index is 0.120. The average Bonchev–Trinajstić information content (AvgIpc) is 3.32. The maximum Gasteiger partial charge on any atom is 0.232 e. The number of anilines is 3. The average molecular weight is 500 g/mol. The van der Waals surface area contributed by atoms with Crippen LogP contribution in [0.4, 0.5) is 22.0 Å². The number of nitrogen functional groups attached to an aromatic ring is 1. The van der Waals surface area contributed by atoms with Crippen LogP contribution in [0.25, 0.3) is 17.1 Å². The summed E-state index contributed by atoms with van der Waals surface area (Å²) in [6, 6.07) is 17.8. The number of nitrogens with zero attached hydrogens (tertiary/aromatic N) is 7. The second kappa shape index (κ2) is 10.5. The molecule has 2 aromatic carbocycles. The SMILES string of the molecule is CCc1ccccc1Nc1nc(N)nc(CSc2nnc(-c3ccncc3)n2-c2ccc(F)cc2)n1. The first-order chi connectivity index (χ1) is 17.6. The van der Waals surface area contributed by atoms with Crippen molar-refractivity contribution in [1.82, 2.24) is 34.7 Å². The Kier molecular flexibility index (Phi) is 6.80. The minimum Gasteiger partial charge on any atom is -0.368 e. The van der Waals surface area contributed by atoms with Crippen LogP contribution in [0.3, 0.4) is 0 Å². The lowest BCUT2D eigenvalue weighted by Gasteiger charge is -2.11. The number of aromatic nitrogens is 7. The van der Waals surface area contributed by atoms with Crippen molar-refractivity contribution in [2.45, 2.75) is 24.3 Å². The number of pyridine rings is 1. The van der Waals surface area contributed by atoms with Gasteiger partial charge in [-0.1, -0.05) is 36.9 Å². The van der Waals surface area contributed by atoms with Gasteiger partial charge in [0.1, 0.15) is 11.6 Å². The number of nitrogens with one attached hydrogen (secondary N) is 1. The van der Waals surface area contributed by atoms with Gasteiger partial charge in [-0.05, 0) is 54.4 Å². The quantitative estimate of drug-likeness (QED) is 0.289. The molecule has 0 saturated carbocycles. The molecule has 5 rings (SSSR count). The largest absolute Gasteiger partial charge is 0.368 e. The van der Waals surface area contributed by atoms with Gasteiger partial charge < -0.3 is 11.1 Å². The molecular formula is C25H22FN9S. The molecule has 0 radical (unpaired) electrons. The zero-order valence-corrected chi connectivity index (χ0v) is 20.2. The number of nitrogens with two attached hydrogens (primary N) is 1. The van der Waals surface area contributed by atoms with Gasteiger partial charge >= 0.3 is 0 Å². The van der Waals surface area contributed by atoms with E-state index in [9.17, 15) is 4.39 Å². The molecule has 0 saturated heterocycles. The molecule has 0 amide bonds. The smallest absolute Gasteiger partial charge is 0.232 e. The molecule has 0 unspecified atom stereocenters. The molecule has 0 aliphatic carbocycles. The Labute approximate surface area is 211 Å². The van der Waals surface area contributed by atoms with Gasteiger partial charge in [0.15, 0.2) is 11.0 Å². The number of rotatable bonds is 8. The summed E-state index contributed by atoms with van der Waals surface area (Å²) in [6.45, 7) is 2.09. The second-order valence-electron chi connectivity index (χ2n) is 7.71. The molecule has 36 heavy (non-hydrogen) atoms. The molecule has 5 aromatic rings. The molecule has 0 atom stereocenters. The van der Waals surface area contributed by atoms with Crippen molar-refractivity contribution in [2.24, 2.45) is 0 Å². The van der Waals surface area contributed by atoms with Crippen molar-refractivity contribution in [3.63, 3.8) is 0 Å². The normalized spacial score (nSPS) is 10.9. The number of para-hydroxylation sites is 1. The monoisotopic (exact) mass is 499 g/mol. The molecule has 0 aliphatic rings. The van der Waals surface area contributed by atoms with E-state index in [2.05, 4.69) is 42.4 Å². The topological polar surface area (TPSA) is 120 Å². The van der Waals surface area contributed by atoms with E-state index in [1.807, 2.05) is 41.0 Å². The maximum absolute atomic E-state index is 13.6. The Morgan fingerprint density at radius 1 is 0.944 bits per heavy atom. The molecule has 0 fully saturated rings. The van der Waals surface area contributed by atoms with Crippen LogP contribution in [-0.2, 0) is 12.2 Å². The molecule has 11 heteroatoms. The van der Waals surface area contributed by atoms with Crippen molar-refractivity contribution < 1.29 is 4.39 Å². The van der Waals surface area contributed by atoms with E-state index in [0.717, 1.165) is 28.9 Å². The minimum atomic E-state index is -0.322. The van der Waals surface area contributed by atoms with E-state index in [4.69, 9.17) is 5.73 Å². The molecule has 0 aliphatic heterocycles. The first-order valence-electron chi connectivity index (χ1n) is 11.2. The second-order valence-corrected chi connectivity index (χ2v) is 8.65. The van der Waals surface area contributed by atoms with E-state index >= 15 is 0 Å². The van der Waals surface area contributed by atoms with Gasteiger partial charge in [-0.2, -0.15) is 15.0 Å². The van der Waals surface area contributed by atoms with Crippen LogP contribution in [0.2, 0.25) is 0 Å². The molecule has 3 N–H and O–H groups in total. The van der Waals surface area contributed by atoms with E-state index in [0.29, 0.717) is 28.5 Å². The molecule has 9 nitrogen and oxygen atoms in total. The first-order valence-corrected chi connectivity index (χ1v) is 12.2. The fraction of sp³-hybridized carbons (Fsp3) is 0.120. The fourth-order valence-electron chi connectivity index (χ4n) is 3.63. The highest BCUT2D eigenvalue weighted by atomic mass is 32.2. The van der Waals surface area contributed by atoms with Gasteiger partial charge in [0.2, 0.25) is 11.9 Å². The number of aryl methyl sites for hydroxylation is 1. The fourth-order valence-corrected chi connectivity index (χ4v) is 4.44. The Morgan fingerprint density at radius 2 is 1.72 bits per heavy atom. The summed E-state index contributed by atoms with van der Waals surface area (Å²) < 4.78 is 15.5. The predicted molar refractivity (Wildman–Crippen MR) is 137 cm³/mol. The van der Waals surface area contributed by atoms with Crippen molar-refractivity contribution in [1.29, 1.82) is 0 Å². The van der Waals surface area contributed by atoms with Gasteiger partial charge in [-0.3, -0.25) is 9.55 Å². The third-order valence-corrected chi connectivity index (χ3v) is 6.26. The summed E-state index contributed by atoms with van der Waals surface area (Å²) in [7, 11) is 0. The Hall–Kier alpha value is -4.38. The summed E-state index contributed by atoms with van der Waals surface area (Å²) >= 11 is 1.39. The van der Waals surface area contributed by atoms with Crippen LogP contribution in [0.15, 0.2) is 78.2 Å². The highest BCUT2D eigenvalue weighted by Gasteiger charge is 2.17. The van der Waals surface area contributed by atoms with Gasteiger partial charge in [-0.15, -0.1) is 10.2 Å². The zero-order chi connectivity index (χ0) is 24.9. The summed E-state index contributed by atoms with van der Waals surface area (Å²) in [4.78, 5) is 17.2. The summed E-state index contributed by atoms with van der Waals surface area (Å²) in [6.07, 6.45) is 4.24. The molecular weight excluding hydrogens is 477 g/mol. The van der Waals surface area contributed by atoms with E-state index < -0.39 is 0 Å². The van der Waals surface area contributed by atoms with Crippen LogP contribution >= 0.6 is 11.8 Å². The van der Waals surface area contributed by atoms with Gasteiger partial charge in [-0.25, -0.2) is 4.39 Å². The lowest BCUT2D eigenvalue weighted by molar-refractivity contribution is 0.627. The number of thioether (sulfide) groups is 1. The van der Waals surface area contributed by atoms with Crippen LogP contribution < -0.4 is 11.1 Å². The lowest BCUT2D eigenvalue weighted by Crippen LogP contribution is -2.07. The van der Waals surface area contributed by atoms with Crippen molar-refractivity contribution in [2.75, 3.05) is 11.1 Å². The molecule has 180 valence electrons. The third kappa shape index (κ3) is 5.15. The third-order valence-electron chi connectivity index (χ3n) is 5.33. The number of hydrogen-bond acceptors (Lipinski definition) is 9. The molecule has 3 heterocycles. The number of benzene rings is 2. The summed E-state index contributed by atoms with van der Waals surface area (Å²) in [5.41, 5.74) is 9.60. The van der Waals surface area contributed by atoms with Crippen molar-refractivity contribution in [3.05, 3.63) is 90.3 Å².